The second-order valence-electron chi connectivity index (χ2n) is 4.84. The number of hydrogen-bond donors (Lipinski definition) is 2. The lowest BCUT2D eigenvalue weighted by Gasteiger charge is -2.16. The van der Waals surface area contributed by atoms with Crippen LogP contribution in [0, 0.1) is 11.3 Å². The van der Waals surface area contributed by atoms with Gasteiger partial charge in [0.05, 0.1) is 6.07 Å². The summed E-state index contributed by atoms with van der Waals surface area (Å²) >= 11 is 0. The minimum absolute atomic E-state index is 0.694. The Hall–Kier alpha value is -1.97. The topological polar surface area (TPSA) is 123 Å². The summed E-state index contributed by atoms with van der Waals surface area (Å²) in [7, 11) is 0. The predicted octanol–water partition coefficient (Wildman–Crippen LogP) is 2.48. The monoisotopic (exact) mass is 271 g/mol. The van der Waals surface area contributed by atoms with Gasteiger partial charge in [0.15, 0.2) is 11.1 Å². The molecule has 0 atom stereocenters. The van der Waals surface area contributed by atoms with Gasteiger partial charge in [0.2, 0.25) is 0 Å². The lowest BCUT2D eigenvalue weighted by Crippen LogP contribution is -2.32. The maximum absolute atomic E-state index is 10.6. The first-order chi connectivity index (χ1) is 8.51. The molecule has 0 fully saturated rings. The van der Waals surface area contributed by atoms with Crippen molar-refractivity contribution in [1.29, 1.82) is 5.26 Å². The lowest BCUT2D eigenvalue weighted by molar-refractivity contribution is -0.144. The molecule has 0 aliphatic heterocycles. The van der Waals surface area contributed by atoms with Crippen molar-refractivity contribution in [2.75, 3.05) is 0 Å². The first-order valence-corrected chi connectivity index (χ1v) is 5.79. The molecule has 19 heavy (non-hydrogen) atoms. The second kappa shape index (κ2) is 8.19. The summed E-state index contributed by atoms with van der Waals surface area (Å²) in [5.74, 6) is -2.30. The molecule has 0 spiro atoms. The van der Waals surface area contributed by atoms with E-state index in [0.29, 0.717) is 6.42 Å². The quantitative estimate of drug-likeness (QED) is 0.743. The van der Waals surface area contributed by atoms with Gasteiger partial charge >= 0.3 is 11.9 Å². The molecule has 0 aromatic heterocycles. The highest BCUT2D eigenvalue weighted by atomic mass is 16.4. The van der Waals surface area contributed by atoms with E-state index < -0.39 is 23.0 Å². The molecule has 0 saturated carbocycles. The fourth-order valence-electron chi connectivity index (χ4n) is 0.447. The van der Waals surface area contributed by atoms with Crippen LogP contribution in [0.25, 0.3) is 0 Å². The minimum Gasteiger partial charge on any atom is -0.479 e. The van der Waals surface area contributed by atoms with Crippen LogP contribution in [0.1, 0.15) is 47.5 Å². The van der Waals surface area contributed by atoms with E-state index in [-0.39, 0.29) is 0 Å². The molecule has 108 valence electrons. The van der Waals surface area contributed by atoms with Crippen LogP contribution < -0.4 is 0 Å². The van der Waals surface area contributed by atoms with Crippen molar-refractivity contribution in [3.8, 4) is 6.07 Å². The fraction of sp³-hybridized carbons (Fsp3) is 0.750. The van der Waals surface area contributed by atoms with E-state index in [0.717, 1.165) is 6.42 Å². The highest BCUT2D eigenvalue weighted by Gasteiger charge is 2.31. The number of rotatable bonds is 5. The van der Waals surface area contributed by atoms with E-state index in [1.54, 1.807) is 0 Å². The van der Waals surface area contributed by atoms with Crippen LogP contribution in [-0.4, -0.2) is 33.2 Å². The Kier molecular flexibility index (Phi) is 8.35. The third kappa shape index (κ3) is 8.71. The van der Waals surface area contributed by atoms with Crippen molar-refractivity contribution in [3.05, 3.63) is 0 Å². The number of unbranched alkanes of at least 4 members (excludes halogenated alkanes) is 1. The Morgan fingerprint density at radius 2 is 1.37 bits per heavy atom. The Morgan fingerprint density at radius 1 is 1.05 bits per heavy atom. The summed E-state index contributed by atoms with van der Waals surface area (Å²) in [6.45, 7) is 7.37. The maximum atomic E-state index is 10.6. The van der Waals surface area contributed by atoms with Gasteiger partial charge < -0.3 is 10.2 Å². The zero-order valence-electron chi connectivity index (χ0n) is 12.0. The van der Waals surface area contributed by atoms with Gasteiger partial charge in [-0.1, -0.05) is 6.92 Å². The Morgan fingerprint density at radius 3 is 1.47 bits per heavy atom. The average molecular weight is 271 g/mol. The number of carboxylic acids is 2. The number of nitrogens with zero attached hydrogens (tertiary/aromatic N) is 3. The number of azo groups is 1. The molecule has 0 saturated heterocycles. The summed E-state index contributed by atoms with van der Waals surface area (Å²) in [5, 5.41) is 32.2. The third-order valence-corrected chi connectivity index (χ3v) is 1.96. The second-order valence-corrected chi connectivity index (χ2v) is 4.84. The molecular formula is C12H21N3O4. The van der Waals surface area contributed by atoms with E-state index in [1.807, 2.05) is 13.0 Å². The van der Waals surface area contributed by atoms with Crippen LogP contribution in [-0.2, 0) is 9.59 Å². The third-order valence-electron chi connectivity index (χ3n) is 1.96. The van der Waals surface area contributed by atoms with Crippen LogP contribution in [0.5, 0.6) is 0 Å². The Balaban J connectivity index is 0. The molecule has 0 aliphatic carbocycles. The first-order valence-electron chi connectivity index (χ1n) is 5.79. The smallest absolute Gasteiger partial charge is 0.332 e. The average Bonchev–Trinajstić information content (AvgIpc) is 2.28. The zero-order valence-corrected chi connectivity index (χ0v) is 12.0. The highest BCUT2D eigenvalue weighted by Crippen LogP contribution is 2.15. The van der Waals surface area contributed by atoms with Crippen LogP contribution >= 0.6 is 0 Å². The molecule has 7 heteroatoms. The van der Waals surface area contributed by atoms with Crippen LogP contribution in [0.3, 0.4) is 0 Å². The molecule has 0 unspecified atom stereocenters. The van der Waals surface area contributed by atoms with E-state index in [1.165, 1.54) is 27.7 Å². The number of carbonyl (C=O) groups is 2. The van der Waals surface area contributed by atoms with E-state index in [9.17, 15) is 9.59 Å². The summed E-state index contributed by atoms with van der Waals surface area (Å²) in [6.07, 6.45) is 1.68. The molecule has 0 aromatic rings. The number of nitriles is 1. The number of hydrogen-bond acceptors (Lipinski definition) is 5. The van der Waals surface area contributed by atoms with Crippen LogP contribution in [0.4, 0.5) is 0 Å². The van der Waals surface area contributed by atoms with Gasteiger partial charge in [-0.15, -0.1) is 0 Å². The van der Waals surface area contributed by atoms with Gasteiger partial charge in [-0.25, -0.2) is 9.59 Å². The van der Waals surface area contributed by atoms with Gasteiger partial charge in [0.1, 0.15) is 0 Å². The Labute approximate surface area is 113 Å². The molecule has 0 aliphatic rings. The summed E-state index contributed by atoms with van der Waals surface area (Å²) in [5.41, 5.74) is -2.79. The van der Waals surface area contributed by atoms with Crippen molar-refractivity contribution in [2.45, 2.75) is 58.5 Å². The number of aliphatic carboxylic acids is 2. The lowest BCUT2D eigenvalue weighted by atomic mass is 10.1. The minimum atomic E-state index is -1.40. The van der Waals surface area contributed by atoms with Crippen LogP contribution in [0.15, 0.2) is 10.2 Å². The standard InChI is InChI=1S/C8H14N2O4.C4H7N/c1-7(2,5(11)12)9-10-8(3,4)6(13)14;1-2-3-4-5/h1-4H3,(H,11,12)(H,13,14);2-3H2,1H3. The molecule has 2 N–H and O–H groups in total. The van der Waals surface area contributed by atoms with E-state index in [2.05, 4.69) is 10.2 Å². The van der Waals surface area contributed by atoms with Crippen molar-refractivity contribution in [2.24, 2.45) is 10.2 Å². The molecule has 0 amide bonds. The maximum Gasteiger partial charge on any atom is 0.332 e. The predicted molar refractivity (Wildman–Crippen MR) is 68.8 cm³/mol. The van der Waals surface area contributed by atoms with Crippen molar-refractivity contribution in [3.63, 3.8) is 0 Å². The fourth-order valence-corrected chi connectivity index (χ4v) is 0.447. The molecule has 0 heterocycles. The SMILES string of the molecule is CC(C)(N=NC(C)(C)C(=O)O)C(=O)O.CCCC#N. The first kappa shape index (κ1) is 19.4. The Bertz CT molecular complexity index is 353. The van der Waals surface area contributed by atoms with E-state index >= 15 is 0 Å². The van der Waals surface area contributed by atoms with Crippen molar-refractivity contribution in [1.82, 2.24) is 0 Å². The van der Waals surface area contributed by atoms with Crippen molar-refractivity contribution < 1.29 is 19.8 Å². The van der Waals surface area contributed by atoms with E-state index in [4.69, 9.17) is 15.5 Å². The normalized spacial score (nSPS) is 11.4. The molecule has 0 rings (SSSR count). The van der Waals surface area contributed by atoms with Gasteiger partial charge in [-0.05, 0) is 34.1 Å². The summed E-state index contributed by atoms with van der Waals surface area (Å²) in [6, 6.07) is 2.02. The molecule has 0 aromatic carbocycles. The van der Waals surface area contributed by atoms with Gasteiger partial charge in [-0.3, -0.25) is 0 Å². The molecule has 7 nitrogen and oxygen atoms in total. The highest BCUT2D eigenvalue weighted by molar-refractivity contribution is 5.79. The van der Waals surface area contributed by atoms with Gasteiger partial charge in [0, 0.05) is 6.42 Å². The summed E-state index contributed by atoms with van der Waals surface area (Å²) < 4.78 is 0. The molecular weight excluding hydrogens is 250 g/mol. The molecule has 0 bridgehead atoms. The van der Waals surface area contributed by atoms with Gasteiger partial charge in [0.25, 0.3) is 0 Å². The zero-order chi connectivity index (χ0) is 15.7. The van der Waals surface area contributed by atoms with Crippen LogP contribution in [0.2, 0.25) is 0 Å². The molecule has 0 radical (unpaired) electrons. The number of carboxylic acid groups (broad SMARTS) is 2. The largest absolute Gasteiger partial charge is 0.479 e. The van der Waals surface area contributed by atoms with Crippen molar-refractivity contribution >= 4 is 11.9 Å². The summed E-state index contributed by atoms with van der Waals surface area (Å²) in [4.78, 5) is 21.2. The van der Waals surface area contributed by atoms with Gasteiger partial charge in [-0.2, -0.15) is 15.5 Å².